The van der Waals surface area contributed by atoms with Crippen molar-refractivity contribution in [1.29, 1.82) is 0 Å². The number of H-pyrrole nitrogens is 1. The maximum absolute atomic E-state index is 13.1. The first-order valence-corrected chi connectivity index (χ1v) is 9.49. The van der Waals surface area contributed by atoms with Crippen molar-refractivity contribution in [1.82, 2.24) is 14.9 Å². The van der Waals surface area contributed by atoms with Gasteiger partial charge in [-0.15, -0.1) is 0 Å². The SMILES string of the molecule is CO[C@@H]1C[C@@H](c2nc(C)c(C)[nH]2)N(C(=O)Cc2cccc(C3CC3)c2)C1. The molecular weight excluding hydrogens is 326 g/mol. The fraction of sp³-hybridized carbons (Fsp3) is 0.524. The minimum atomic E-state index is -0.0357. The van der Waals surface area contributed by atoms with Gasteiger partial charge in [-0.1, -0.05) is 24.3 Å². The minimum Gasteiger partial charge on any atom is -0.380 e. The van der Waals surface area contributed by atoms with E-state index >= 15 is 0 Å². The number of amides is 1. The summed E-state index contributed by atoms with van der Waals surface area (Å²) in [4.78, 5) is 23.0. The Bertz CT molecular complexity index is 790. The largest absolute Gasteiger partial charge is 0.380 e. The topological polar surface area (TPSA) is 58.2 Å². The van der Waals surface area contributed by atoms with Gasteiger partial charge in [-0.3, -0.25) is 4.79 Å². The quantitative estimate of drug-likeness (QED) is 0.896. The summed E-state index contributed by atoms with van der Waals surface area (Å²) in [6, 6.07) is 8.49. The van der Waals surface area contributed by atoms with Crippen LogP contribution in [0, 0.1) is 13.8 Å². The second-order valence-corrected chi connectivity index (χ2v) is 7.68. The number of aryl methyl sites for hydroxylation is 2. The van der Waals surface area contributed by atoms with E-state index in [-0.39, 0.29) is 18.1 Å². The fourth-order valence-corrected chi connectivity index (χ4v) is 3.89. The lowest BCUT2D eigenvalue weighted by Gasteiger charge is -2.23. The predicted molar refractivity (Wildman–Crippen MR) is 100 cm³/mol. The molecule has 1 saturated carbocycles. The Morgan fingerprint density at radius 1 is 1.35 bits per heavy atom. The molecule has 2 heterocycles. The molecular formula is C21H27N3O2. The fourth-order valence-electron chi connectivity index (χ4n) is 3.89. The summed E-state index contributed by atoms with van der Waals surface area (Å²) >= 11 is 0. The molecule has 26 heavy (non-hydrogen) atoms. The van der Waals surface area contributed by atoms with Crippen molar-refractivity contribution in [3.8, 4) is 0 Å². The number of rotatable bonds is 5. The molecule has 1 aromatic heterocycles. The number of nitrogens with one attached hydrogen (secondary N) is 1. The number of carbonyl (C=O) groups is 1. The van der Waals surface area contributed by atoms with Gasteiger partial charge in [-0.2, -0.15) is 0 Å². The number of aromatic nitrogens is 2. The maximum atomic E-state index is 13.1. The molecule has 1 aliphatic heterocycles. The first-order chi connectivity index (χ1) is 12.5. The van der Waals surface area contributed by atoms with Crippen molar-refractivity contribution >= 4 is 5.91 Å². The molecule has 1 saturated heterocycles. The highest BCUT2D eigenvalue weighted by Crippen LogP contribution is 2.40. The number of ether oxygens (including phenoxy) is 1. The summed E-state index contributed by atoms with van der Waals surface area (Å²) in [5, 5.41) is 0. The van der Waals surface area contributed by atoms with E-state index < -0.39 is 0 Å². The highest BCUT2D eigenvalue weighted by molar-refractivity contribution is 5.79. The second-order valence-electron chi connectivity index (χ2n) is 7.68. The van der Waals surface area contributed by atoms with E-state index in [0.29, 0.717) is 18.9 Å². The number of hydrogen-bond acceptors (Lipinski definition) is 3. The summed E-state index contributed by atoms with van der Waals surface area (Å²) < 4.78 is 5.55. The summed E-state index contributed by atoms with van der Waals surface area (Å²) in [5.74, 6) is 1.73. The number of carbonyl (C=O) groups excluding carboxylic acids is 1. The van der Waals surface area contributed by atoms with Crippen LogP contribution in [0.4, 0.5) is 0 Å². The Morgan fingerprint density at radius 2 is 2.15 bits per heavy atom. The zero-order chi connectivity index (χ0) is 18.3. The molecule has 0 bridgehead atoms. The number of benzene rings is 1. The van der Waals surface area contributed by atoms with E-state index in [1.54, 1.807) is 7.11 Å². The van der Waals surface area contributed by atoms with E-state index in [1.165, 1.54) is 18.4 Å². The average molecular weight is 353 g/mol. The third-order valence-corrected chi connectivity index (χ3v) is 5.73. The zero-order valence-corrected chi connectivity index (χ0v) is 15.8. The summed E-state index contributed by atoms with van der Waals surface area (Å²) in [6.45, 7) is 4.64. The summed E-state index contributed by atoms with van der Waals surface area (Å²) in [7, 11) is 1.72. The molecule has 138 valence electrons. The van der Waals surface area contributed by atoms with Gasteiger partial charge in [0.2, 0.25) is 5.91 Å². The van der Waals surface area contributed by atoms with Crippen LogP contribution in [0.5, 0.6) is 0 Å². The number of nitrogens with zero attached hydrogens (tertiary/aromatic N) is 2. The molecule has 4 rings (SSSR count). The zero-order valence-electron chi connectivity index (χ0n) is 15.8. The van der Waals surface area contributed by atoms with Gasteiger partial charge >= 0.3 is 0 Å². The van der Waals surface area contributed by atoms with Crippen LogP contribution in [0.3, 0.4) is 0 Å². The van der Waals surface area contributed by atoms with Gasteiger partial charge in [-0.25, -0.2) is 4.98 Å². The Balaban J connectivity index is 1.53. The molecule has 0 radical (unpaired) electrons. The second kappa shape index (κ2) is 6.88. The monoisotopic (exact) mass is 353 g/mol. The van der Waals surface area contributed by atoms with Gasteiger partial charge in [0, 0.05) is 25.8 Å². The van der Waals surface area contributed by atoms with Gasteiger partial charge in [0.25, 0.3) is 0 Å². The highest BCUT2D eigenvalue weighted by Gasteiger charge is 2.38. The van der Waals surface area contributed by atoms with Gasteiger partial charge < -0.3 is 14.6 Å². The molecule has 0 spiro atoms. The molecule has 2 aromatic rings. The van der Waals surface area contributed by atoms with Gasteiger partial charge in [-0.05, 0) is 43.7 Å². The average Bonchev–Trinajstić information content (AvgIpc) is 3.31. The molecule has 1 N–H and O–H groups in total. The molecule has 1 aromatic carbocycles. The number of methoxy groups -OCH3 is 1. The maximum Gasteiger partial charge on any atom is 0.227 e. The Hall–Kier alpha value is -2.14. The number of likely N-dealkylation sites (tertiary alicyclic amines) is 1. The van der Waals surface area contributed by atoms with Crippen LogP contribution in [0.25, 0.3) is 0 Å². The lowest BCUT2D eigenvalue weighted by atomic mass is 10.0. The van der Waals surface area contributed by atoms with Gasteiger partial charge in [0.15, 0.2) is 0 Å². The Morgan fingerprint density at radius 3 is 2.81 bits per heavy atom. The molecule has 2 fully saturated rings. The van der Waals surface area contributed by atoms with E-state index in [1.807, 2.05) is 18.7 Å². The summed E-state index contributed by atoms with van der Waals surface area (Å²) in [5.41, 5.74) is 4.53. The van der Waals surface area contributed by atoms with E-state index in [4.69, 9.17) is 4.74 Å². The van der Waals surface area contributed by atoms with E-state index in [0.717, 1.165) is 29.2 Å². The third-order valence-electron chi connectivity index (χ3n) is 5.73. The van der Waals surface area contributed by atoms with Crippen molar-refractivity contribution in [2.24, 2.45) is 0 Å². The van der Waals surface area contributed by atoms with Crippen LogP contribution in [-0.2, 0) is 16.0 Å². The smallest absolute Gasteiger partial charge is 0.227 e. The lowest BCUT2D eigenvalue weighted by Crippen LogP contribution is -2.33. The van der Waals surface area contributed by atoms with Crippen molar-refractivity contribution in [3.63, 3.8) is 0 Å². The number of aromatic amines is 1. The first-order valence-electron chi connectivity index (χ1n) is 9.49. The Labute approximate surface area is 154 Å². The van der Waals surface area contributed by atoms with Crippen LogP contribution in [0.1, 0.15) is 59.6 Å². The lowest BCUT2D eigenvalue weighted by molar-refractivity contribution is -0.131. The normalized spacial score (nSPS) is 22.8. The third kappa shape index (κ3) is 3.40. The van der Waals surface area contributed by atoms with E-state index in [2.05, 4.69) is 34.2 Å². The van der Waals surface area contributed by atoms with Crippen molar-refractivity contribution in [3.05, 3.63) is 52.6 Å². The first kappa shape index (κ1) is 17.3. The standard InChI is InChI=1S/C21H27N3O2/c1-13-14(2)23-21(22-13)19-11-18(26-3)12-24(19)20(25)10-15-5-4-6-17(9-15)16-7-8-16/h4-6,9,16,18-19H,7-8,10-12H2,1-3H3,(H,22,23)/t18-,19+/m1/s1. The van der Waals surface area contributed by atoms with Gasteiger partial charge in [0.05, 0.1) is 24.3 Å². The van der Waals surface area contributed by atoms with Gasteiger partial charge in [0.1, 0.15) is 5.82 Å². The molecule has 0 unspecified atom stereocenters. The molecule has 5 nitrogen and oxygen atoms in total. The number of imidazole rings is 1. The van der Waals surface area contributed by atoms with Crippen molar-refractivity contribution < 1.29 is 9.53 Å². The highest BCUT2D eigenvalue weighted by atomic mass is 16.5. The van der Waals surface area contributed by atoms with Crippen molar-refractivity contribution in [2.75, 3.05) is 13.7 Å². The van der Waals surface area contributed by atoms with Crippen LogP contribution >= 0.6 is 0 Å². The van der Waals surface area contributed by atoms with Crippen LogP contribution in [-0.4, -0.2) is 40.5 Å². The Kier molecular flexibility index (Phi) is 4.57. The van der Waals surface area contributed by atoms with Crippen LogP contribution < -0.4 is 0 Å². The molecule has 5 heteroatoms. The molecule has 2 atom stereocenters. The van der Waals surface area contributed by atoms with Crippen molar-refractivity contribution in [2.45, 2.75) is 57.6 Å². The van der Waals surface area contributed by atoms with E-state index in [9.17, 15) is 4.79 Å². The van der Waals surface area contributed by atoms with Crippen LogP contribution in [0.2, 0.25) is 0 Å². The minimum absolute atomic E-state index is 0.0357. The molecule has 1 aliphatic carbocycles. The molecule has 2 aliphatic rings. The number of hydrogen-bond donors (Lipinski definition) is 1. The molecule has 1 amide bonds. The predicted octanol–water partition coefficient (Wildman–Crippen LogP) is 3.44. The summed E-state index contributed by atoms with van der Waals surface area (Å²) in [6.07, 6.45) is 3.84. The van der Waals surface area contributed by atoms with Crippen LogP contribution in [0.15, 0.2) is 24.3 Å².